The molecule has 1 aromatic rings. The Morgan fingerprint density at radius 3 is 2.50 bits per heavy atom. The number of likely N-dealkylation sites (tertiary alicyclic amines) is 1. The number of amides is 1. The fraction of sp³-hybridized carbons (Fsp3) is 0.500. The van der Waals surface area contributed by atoms with E-state index in [0.717, 1.165) is 25.9 Å². The number of halogens is 2. The van der Waals surface area contributed by atoms with Crippen LogP contribution in [0.3, 0.4) is 0 Å². The van der Waals surface area contributed by atoms with Gasteiger partial charge in [-0.05, 0) is 38.3 Å². The van der Waals surface area contributed by atoms with E-state index < -0.39 is 0 Å². The summed E-state index contributed by atoms with van der Waals surface area (Å²) < 4.78 is 0. The molecule has 0 bridgehead atoms. The van der Waals surface area contributed by atoms with Crippen LogP contribution in [0.5, 0.6) is 0 Å². The molecule has 1 aliphatic heterocycles. The summed E-state index contributed by atoms with van der Waals surface area (Å²) in [7, 11) is 0. The number of hydrogen-bond acceptors (Lipinski definition) is 3. The average molecular weight is 316 g/mol. The highest BCUT2D eigenvalue weighted by molar-refractivity contribution is 6.42. The molecular formula is C14H19Cl2N3O. The summed E-state index contributed by atoms with van der Waals surface area (Å²) in [5.74, 6) is 0.0928. The number of benzene rings is 1. The molecule has 6 heteroatoms. The van der Waals surface area contributed by atoms with Crippen molar-refractivity contribution >= 4 is 40.5 Å². The van der Waals surface area contributed by atoms with Crippen LogP contribution in [-0.2, 0) is 4.79 Å². The number of carbonyl (C=O) groups excluding carboxylic acids is 1. The van der Waals surface area contributed by atoms with E-state index in [9.17, 15) is 4.79 Å². The molecule has 0 aromatic heterocycles. The topological polar surface area (TPSA) is 58.4 Å². The SMILES string of the molecule is CC(Nc1cc(Cl)c(Cl)cc1N)C(=O)N1CCCCC1. The Labute approximate surface area is 129 Å². The predicted molar refractivity (Wildman–Crippen MR) is 84.4 cm³/mol. The van der Waals surface area contributed by atoms with Gasteiger partial charge in [0.1, 0.15) is 6.04 Å². The maximum Gasteiger partial charge on any atom is 0.244 e. The molecule has 1 aliphatic rings. The second kappa shape index (κ2) is 6.55. The van der Waals surface area contributed by atoms with Crippen LogP contribution < -0.4 is 11.1 Å². The molecule has 0 aliphatic carbocycles. The third-order valence-corrected chi connectivity index (χ3v) is 4.22. The molecule has 1 fully saturated rings. The van der Waals surface area contributed by atoms with E-state index in [1.54, 1.807) is 12.1 Å². The van der Waals surface area contributed by atoms with Gasteiger partial charge >= 0.3 is 0 Å². The van der Waals surface area contributed by atoms with E-state index >= 15 is 0 Å². The normalized spacial score (nSPS) is 16.9. The summed E-state index contributed by atoms with van der Waals surface area (Å²) >= 11 is 11.9. The van der Waals surface area contributed by atoms with Crippen LogP contribution in [0.15, 0.2) is 12.1 Å². The first kappa shape index (κ1) is 15.3. The highest BCUT2D eigenvalue weighted by atomic mass is 35.5. The Kier molecular flexibility index (Phi) is 5.00. The van der Waals surface area contributed by atoms with Gasteiger partial charge in [0.15, 0.2) is 0 Å². The molecule has 1 heterocycles. The quantitative estimate of drug-likeness (QED) is 0.841. The van der Waals surface area contributed by atoms with Crippen molar-refractivity contribution in [1.82, 2.24) is 4.90 Å². The first-order valence-electron chi connectivity index (χ1n) is 6.79. The van der Waals surface area contributed by atoms with Crippen molar-refractivity contribution in [2.24, 2.45) is 0 Å². The van der Waals surface area contributed by atoms with Crippen LogP contribution >= 0.6 is 23.2 Å². The first-order chi connectivity index (χ1) is 9.49. The van der Waals surface area contributed by atoms with Gasteiger partial charge < -0.3 is 16.0 Å². The fourth-order valence-corrected chi connectivity index (χ4v) is 2.71. The molecule has 0 saturated carbocycles. The van der Waals surface area contributed by atoms with E-state index in [-0.39, 0.29) is 11.9 Å². The molecular weight excluding hydrogens is 297 g/mol. The average Bonchev–Trinajstić information content (AvgIpc) is 2.44. The van der Waals surface area contributed by atoms with Crippen molar-refractivity contribution < 1.29 is 4.79 Å². The summed E-state index contributed by atoms with van der Waals surface area (Å²) in [6.45, 7) is 3.50. The van der Waals surface area contributed by atoms with Crippen molar-refractivity contribution in [2.45, 2.75) is 32.2 Å². The summed E-state index contributed by atoms with van der Waals surface area (Å²) in [6, 6.07) is 2.90. The minimum Gasteiger partial charge on any atom is -0.397 e. The van der Waals surface area contributed by atoms with Gasteiger partial charge in [-0.25, -0.2) is 0 Å². The van der Waals surface area contributed by atoms with Gasteiger partial charge in [-0.1, -0.05) is 23.2 Å². The van der Waals surface area contributed by atoms with E-state index in [4.69, 9.17) is 28.9 Å². The lowest BCUT2D eigenvalue weighted by Crippen LogP contribution is -2.43. The Morgan fingerprint density at radius 2 is 1.85 bits per heavy atom. The van der Waals surface area contributed by atoms with Gasteiger partial charge in [-0.15, -0.1) is 0 Å². The molecule has 2 rings (SSSR count). The third kappa shape index (κ3) is 3.49. The molecule has 1 saturated heterocycles. The maximum absolute atomic E-state index is 12.3. The van der Waals surface area contributed by atoms with Gasteiger partial charge in [0.25, 0.3) is 0 Å². The van der Waals surface area contributed by atoms with Crippen molar-refractivity contribution in [3.05, 3.63) is 22.2 Å². The zero-order valence-electron chi connectivity index (χ0n) is 11.5. The number of nitrogens with two attached hydrogens (primary N) is 1. The largest absolute Gasteiger partial charge is 0.397 e. The number of carbonyl (C=O) groups is 1. The lowest BCUT2D eigenvalue weighted by molar-refractivity contribution is -0.132. The Bertz CT molecular complexity index is 501. The highest BCUT2D eigenvalue weighted by Gasteiger charge is 2.22. The van der Waals surface area contributed by atoms with E-state index in [1.165, 1.54) is 6.42 Å². The monoisotopic (exact) mass is 315 g/mol. The van der Waals surface area contributed by atoms with Gasteiger partial charge in [0.05, 0.1) is 21.4 Å². The van der Waals surface area contributed by atoms with Crippen molar-refractivity contribution in [3.63, 3.8) is 0 Å². The standard InChI is InChI=1S/C14H19Cl2N3O/c1-9(14(20)19-5-3-2-4-6-19)18-13-8-11(16)10(15)7-12(13)17/h7-9,18H,2-6,17H2,1H3. The highest BCUT2D eigenvalue weighted by Crippen LogP contribution is 2.31. The minimum absolute atomic E-state index is 0.0928. The van der Waals surface area contributed by atoms with Crippen molar-refractivity contribution in [1.29, 1.82) is 0 Å². The van der Waals surface area contributed by atoms with E-state index in [0.29, 0.717) is 21.4 Å². The van der Waals surface area contributed by atoms with E-state index in [1.807, 2.05) is 11.8 Å². The van der Waals surface area contributed by atoms with Gasteiger partial charge in [0, 0.05) is 13.1 Å². The Morgan fingerprint density at radius 1 is 1.25 bits per heavy atom. The molecule has 1 amide bonds. The fourth-order valence-electron chi connectivity index (χ4n) is 2.37. The van der Waals surface area contributed by atoms with Crippen LogP contribution in [0.1, 0.15) is 26.2 Å². The summed E-state index contributed by atoms with van der Waals surface area (Å²) in [5, 5.41) is 3.94. The van der Waals surface area contributed by atoms with Crippen LogP contribution in [0.25, 0.3) is 0 Å². The third-order valence-electron chi connectivity index (χ3n) is 3.50. The molecule has 4 nitrogen and oxygen atoms in total. The lowest BCUT2D eigenvalue weighted by atomic mass is 10.1. The smallest absolute Gasteiger partial charge is 0.244 e. The van der Waals surface area contributed by atoms with Gasteiger partial charge in [-0.3, -0.25) is 4.79 Å². The number of piperidine rings is 1. The van der Waals surface area contributed by atoms with Crippen LogP contribution in [-0.4, -0.2) is 29.9 Å². The molecule has 0 radical (unpaired) electrons. The Hall–Kier alpha value is -1.13. The zero-order chi connectivity index (χ0) is 14.7. The number of anilines is 2. The molecule has 1 unspecified atom stereocenters. The number of nitrogen functional groups attached to an aromatic ring is 1. The van der Waals surface area contributed by atoms with Crippen LogP contribution in [0.4, 0.5) is 11.4 Å². The molecule has 3 N–H and O–H groups in total. The second-order valence-electron chi connectivity index (χ2n) is 5.11. The van der Waals surface area contributed by atoms with Crippen LogP contribution in [0.2, 0.25) is 10.0 Å². The summed E-state index contributed by atoms with van der Waals surface area (Å²) in [6.07, 6.45) is 3.35. The minimum atomic E-state index is -0.340. The van der Waals surface area contributed by atoms with Gasteiger partial charge in [-0.2, -0.15) is 0 Å². The molecule has 0 spiro atoms. The molecule has 1 atom stereocenters. The number of nitrogens with one attached hydrogen (secondary N) is 1. The van der Waals surface area contributed by atoms with E-state index in [2.05, 4.69) is 5.32 Å². The molecule has 1 aromatic carbocycles. The zero-order valence-corrected chi connectivity index (χ0v) is 13.0. The van der Waals surface area contributed by atoms with Crippen molar-refractivity contribution in [2.75, 3.05) is 24.1 Å². The van der Waals surface area contributed by atoms with Crippen LogP contribution in [0, 0.1) is 0 Å². The van der Waals surface area contributed by atoms with Gasteiger partial charge in [0.2, 0.25) is 5.91 Å². The number of rotatable bonds is 3. The summed E-state index contributed by atoms with van der Waals surface area (Å²) in [4.78, 5) is 14.2. The molecule has 20 heavy (non-hydrogen) atoms. The molecule has 110 valence electrons. The Balaban J connectivity index is 2.05. The predicted octanol–water partition coefficient (Wildman–Crippen LogP) is 3.39. The van der Waals surface area contributed by atoms with Crippen molar-refractivity contribution in [3.8, 4) is 0 Å². The number of hydrogen-bond donors (Lipinski definition) is 2. The maximum atomic E-state index is 12.3. The number of nitrogens with zero attached hydrogens (tertiary/aromatic N) is 1. The summed E-state index contributed by atoms with van der Waals surface area (Å²) in [5.41, 5.74) is 7.01. The second-order valence-corrected chi connectivity index (χ2v) is 5.92. The first-order valence-corrected chi connectivity index (χ1v) is 7.54. The lowest BCUT2D eigenvalue weighted by Gasteiger charge is -2.30.